The number of amides is 1. The van der Waals surface area contributed by atoms with Crippen LogP contribution in [-0.4, -0.2) is 22.5 Å². The van der Waals surface area contributed by atoms with Crippen LogP contribution in [0.5, 0.6) is 0 Å². The third-order valence-electron chi connectivity index (χ3n) is 2.80. The van der Waals surface area contributed by atoms with Crippen molar-refractivity contribution < 1.29 is 9.90 Å². The zero-order valence-electron chi connectivity index (χ0n) is 9.31. The van der Waals surface area contributed by atoms with Crippen molar-refractivity contribution in [3.8, 4) is 0 Å². The summed E-state index contributed by atoms with van der Waals surface area (Å²) in [4.78, 5) is 13.5. The zero-order chi connectivity index (χ0) is 11.5. The van der Waals surface area contributed by atoms with E-state index in [9.17, 15) is 9.90 Å². The van der Waals surface area contributed by atoms with Gasteiger partial charge in [-0.05, 0) is 12.0 Å². The molecule has 1 heterocycles. The fourth-order valence-corrected chi connectivity index (χ4v) is 1.95. The number of rotatable bonds is 3. The minimum atomic E-state index is -0.0381. The Kier molecular flexibility index (Phi) is 2.95. The number of hydrogen-bond donors (Lipinski definition) is 1. The molecule has 1 aromatic rings. The van der Waals surface area contributed by atoms with E-state index in [1.165, 1.54) is 0 Å². The molecule has 0 aromatic heterocycles. The molecule has 1 aromatic carbocycles. The fraction of sp³-hybridized carbons (Fsp3) is 0.308. The van der Waals surface area contributed by atoms with E-state index in [0.29, 0.717) is 25.1 Å². The summed E-state index contributed by atoms with van der Waals surface area (Å²) < 4.78 is 0. The summed E-state index contributed by atoms with van der Waals surface area (Å²) in [5.74, 6) is 0.187. The van der Waals surface area contributed by atoms with Gasteiger partial charge in [-0.3, -0.25) is 4.79 Å². The number of carbonyl (C=O) groups excluding carboxylic acids is 1. The molecule has 0 bridgehead atoms. The van der Waals surface area contributed by atoms with Crippen molar-refractivity contribution in [2.45, 2.75) is 19.9 Å². The lowest BCUT2D eigenvalue weighted by atomic mass is 10.2. The number of aliphatic hydroxyl groups excluding tert-OH is 1. The molecule has 16 heavy (non-hydrogen) atoms. The van der Waals surface area contributed by atoms with Crippen molar-refractivity contribution >= 4 is 5.91 Å². The highest BCUT2D eigenvalue weighted by molar-refractivity contribution is 5.96. The van der Waals surface area contributed by atoms with Crippen molar-refractivity contribution in [1.82, 2.24) is 4.90 Å². The Labute approximate surface area is 95.0 Å². The molecule has 1 aliphatic heterocycles. The predicted octanol–water partition coefficient (Wildman–Crippen LogP) is 2.25. The van der Waals surface area contributed by atoms with E-state index < -0.39 is 0 Å². The van der Waals surface area contributed by atoms with Crippen LogP contribution < -0.4 is 0 Å². The third kappa shape index (κ3) is 1.94. The quantitative estimate of drug-likeness (QED) is 0.843. The van der Waals surface area contributed by atoms with Gasteiger partial charge in [-0.15, -0.1) is 0 Å². The van der Waals surface area contributed by atoms with Gasteiger partial charge in [0.1, 0.15) is 5.76 Å². The molecule has 0 radical (unpaired) electrons. The molecule has 2 rings (SSSR count). The monoisotopic (exact) mass is 217 g/mol. The van der Waals surface area contributed by atoms with Gasteiger partial charge >= 0.3 is 0 Å². The highest BCUT2D eigenvalue weighted by Gasteiger charge is 2.28. The number of benzene rings is 1. The molecule has 0 spiro atoms. The molecular formula is C13H15NO2. The molecule has 0 aliphatic carbocycles. The first-order valence-corrected chi connectivity index (χ1v) is 5.46. The third-order valence-corrected chi connectivity index (χ3v) is 2.80. The second kappa shape index (κ2) is 4.39. The molecule has 0 saturated carbocycles. The van der Waals surface area contributed by atoms with Crippen LogP contribution in [0.4, 0.5) is 0 Å². The molecule has 1 N–H and O–H groups in total. The Morgan fingerprint density at radius 1 is 1.31 bits per heavy atom. The summed E-state index contributed by atoms with van der Waals surface area (Å²) in [5, 5.41) is 9.62. The van der Waals surface area contributed by atoms with Crippen LogP contribution in [0, 0.1) is 0 Å². The normalized spacial score (nSPS) is 16.1. The summed E-state index contributed by atoms with van der Waals surface area (Å²) in [5.41, 5.74) is 1.64. The minimum Gasteiger partial charge on any atom is -0.510 e. The molecule has 0 fully saturated rings. The van der Waals surface area contributed by atoms with Gasteiger partial charge in [0, 0.05) is 6.54 Å². The van der Waals surface area contributed by atoms with E-state index in [-0.39, 0.29) is 11.7 Å². The number of carbonyl (C=O) groups is 1. The van der Waals surface area contributed by atoms with Crippen LogP contribution in [-0.2, 0) is 11.3 Å². The standard InChI is InChI=1S/C13H15NO2/c1-2-11-12(15)9-14(13(11)16)8-10-6-4-3-5-7-10/h3-7,15H,2,8-9H2,1H3. The summed E-state index contributed by atoms with van der Waals surface area (Å²) in [6.07, 6.45) is 0.593. The molecule has 1 aliphatic rings. The van der Waals surface area contributed by atoms with Crippen molar-refractivity contribution in [2.24, 2.45) is 0 Å². The van der Waals surface area contributed by atoms with Gasteiger partial charge in [0.05, 0.1) is 12.1 Å². The van der Waals surface area contributed by atoms with E-state index in [4.69, 9.17) is 0 Å². The Morgan fingerprint density at radius 3 is 2.56 bits per heavy atom. The predicted molar refractivity (Wildman–Crippen MR) is 61.8 cm³/mol. The SMILES string of the molecule is CCC1=C(O)CN(Cc2ccccc2)C1=O. The topological polar surface area (TPSA) is 40.5 Å². The van der Waals surface area contributed by atoms with Gasteiger partial charge in [0.2, 0.25) is 0 Å². The van der Waals surface area contributed by atoms with E-state index in [1.54, 1.807) is 4.90 Å². The molecule has 3 heteroatoms. The smallest absolute Gasteiger partial charge is 0.253 e. The van der Waals surface area contributed by atoms with Crippen LogP contribution in [0.2, 0.25) is 0 Å². The summed E-state index contributed by atoms with van der Waals surface area (Å²) in [7, 11) is 0. The van der Waals surface area contributed by atoms with Crippen molar-refractivity contribution in [2.75, 3.05) is 6.54 Å². The Balaban J connectivity index is 2.08. The van der Waals surface area contributed by atoms with Crippen molar-refractivity contribution in [3.63, 3.8) is 0 Å². The van der Waals surface area contributed by atoms with Crippen LogP contribution >= 0.6 is 0 Å². The van der Waals surface area contributed by atoms with Crippen LogP contribution in [0.3, 0.4) is 0 Å². The molecule has 84 valence electrons. The van der Waals surface area contributed by atoms with Gasteiger partial charge in [0.15, 0.2) is 0 Å². The Hall–Kier alpha value is -1.77. The maximum absolute atomic E-state index is 11.9. The van der Waals surface area contributed by atoms with Crippen LogP contribution in [0.25, 0.3) is 0 Å². The van der Waals surface area contributed by atoms with E-state index >= 15 is 0 Å². The second-order valence-electron chi connectivity index (χ2n) is 3.93. The summed E-state index contributed by atoms with van der Waals surface area (Å²) in [6, 6.07) is 9.80. The number of aliphatic hydroxyl groups is 1. The highest BCUT2D eigenvalue weighted by Crippen LogP contribution is 2.21. The molecule has 0 saturated heterocycles. The van der Waals surface area contributed by atoms with Gasteiger partial charge < -0.3 is 10.0 Å². The first-order valence-electron chi connectivity index (χ1n) is 5.46. The van der Waals surface area contributed by atoms with Gasteiger partial charge in [-0.2, -0.15) is 0 Å². The van der Waals surface area contributed by atoms with Crippen LogP contribution in [0.15, 0.2) is 41.7 Å². The summed E-state index contributed by atoms with van der Waals surface area (Å²) in [6.45, 7) is 2.79. The second-order valence-corrected chi connectivity index (χ2v) is 3.93. The van der Waals surface area contributed by atoms with Gasteiger partial charge in [0.25, 0.3) is 5.91 Å². The first kappa shape index (κ1) is 10.7. The van der Waals surface area contributed by atoms with E-state index in [2.05, 4.69) is 0 Å². The molecule has 1 amide bonds. The zero-order valence-corrected chi connectivity index (χ0v) is 9.31. The minimum absolute atomic E-state index is 0.0381. The van der Waals surface area contributed by atoms with Crippen molar-refractivity contribution in [3.05, 3.63) is 47.2 Å². The van der Waals surface area contributed by atoms with Gasteiger partial charge in [-0.25, -0.2) is 0 Å². The first-order chi connectivity index (χ1) is 7.72. The van der Waals surface area contributed by atoms with E-state index in [0.717, 1.165) is 5.56 Å². The fourth-order valence-electron chi connectivity index (χ4n) is 1.95. The van der Waals surface area contributed by atoms with Crippen LogP contribution in [0.1, 0.15) is 18.9 Å². The molecular weight excluding hydrogens is 202 g/mol. The molecule has 0 unspecified atom stereocenters. The largest absolute Gasteiger partial charge is 0.510 e. The maximum Gasteiger partial charge on any atom is 0.253 e. The molecule has 3 nitrogen and oxygen atoms in total. The van der Waals surface area contributed by atoms with Gasteiger partial charge in [-0.1, -0.05) is 37.3 Å². The number of hydrogen-bond acceptors (Lipinski definition) is 2. The lowest BCUT2D eigenvalue weighted by Crippen LogP contribution is -2.26. The van der Waals surface area contributed by atoms with Crippen molar-refractivity contribution in [1.29, 1.82) is 0 Å². The number of nitrogens with zero attached hydrogens (tertiary/aromatic N) is 1. The highest BCUT2D eigenvalue weighted by atomic mass is 16.3. The summed E-state index contributed by atoms with van der Waals surface area (Å²) >= 11 is 0. The Bertz CT molecular complexity index is 423. The maximum atomic E-state index is 11.9. The lowest BCUT2D eigenvalue weighted by Gasteiger charge is -2.16. The molecule has 0 atom stereocenters. The Morgan fingerprint density at radius 2 is 2.00 bits per heavy atom. The average molecular weight is 217 g/mol. The lowest BCUT2D eigenvalue weighted by molar-refractivity contribution is -0.126. The average Bonchev–Trinajstić information content (AvgIpc) is 2.55. The van der Waals surface area contributed by atoms with E-state index in [1.807, 2.05) is 37.3 Å².